The van der Waals surface area contributed by atoms with Crippen molar-refractivity contribution in [2.45, 2.75) is 45.3 Å². The molecule has 0 aliphatic carbocycles. The summed E-state index contributed by atoms with van der Waals surface area (Å²) in [7, 11) is 1.76. The lowest BCUT2D eigenvalue weighted by molar-refractivity contribution is 0.0208. The van der Waals surface area contributed by atoms with E-state index in [2.05, 4.69) is 67.0 Å². The molecule has 2 saturated heterocycles. The topological polar surface area (TPSA) is 113 Å². The first-order chi connectivity index (χ1) is 18.5. The Balaban J connectivity index is 1.36. The molecule has 2 fully saturated rings. The molecular formula is C27H33N9O2. The van der Waals surface area contributed by atoms with E-state index in [4.69, 9.17) is 14.5 Å². The van der Waals surface area contributed by atoms with Gasteiger partial charge in [-0.25, -0.2) is 4.98 Å². The highest BCUT2D eigenvalue weighted by Crippen LogP contribution is 2.32. The second kappa shape index (κ2) is 9.78. The number of piperidine rings is 1. The number of methoxy groups -OCH3 is 1. The minimum atomic E-state index is -0.526. The Hall–Kier alpha value is -3.88. The molecule has 6 heterocycles. The summed E-state index contributed by atoms with van der Waals surface area (Å²) in [5, 5.41) is 20.1. The second-order valence-electron chi connectivity index (χ2n) is 10.1. The monoisotopic (exact) mass is 515 g/mol. The van der Waals surface area contributed by atoms with E-state index in [-0.39, 0.29) is 6.04 Å². The van der Waals surface area contributed by atoms with Gasteiger partial charge in [-0.1, -0.05) is 11.8 Å². The van der Waals surface area contributed by atoms with Gasteiger partial charge in [0.2, 0.25) is 0 Å². The third-order valence-electron chi connectivity index (χ3n) is 7.69. The van der Waals surface area contributed by atoms with Crippen molar-refractivity contribution in [2.75, 3.05) is 49.8 Å². The Labute approximate surface area is 221 Å². The predicted molar refractivity (Wildman–Crippen MR) is 145 cm³/mol. The molecule has 0 spiro atoms. The average Bonchev–Trinajstić information content (AvgIpc) is 3.68. The Morgan fingerprint density at radius 2 is 2.00 bits per heavy atom. The van der Waals surface area contributed by atoms with Crippen LogP contribution in [0.1, 0.15) is 36.7 Å². The second-order valence-corrected chi connectivity index (χ2v) is 10.1. The molecule has 6 rings (SSSR count). The number of H-pyrrole nitrogens is 2. The van der Waals surface area contributed by atoms with Crippen molar-refractivity contribution in [3.05, 3.63) is 41.5 Å². The van der Waals surface area contributed by atoms with Crippen LogP contribution in [0.5, 0.6) is 0 Å². The van der Waals surface area contributed by atoms with Crippen LogP contribution in [0.4, 0.5) is 11.5 Å². The van der Waals surface area contributed by atoms with Gasteiger partial charge >= 0.3 is 0 Å². The zero-order valence-electron chi connectivity index (χ0n) is 22.3. The van der Waals surface area contributed by atoms with Crippen LogP contribution < -0.4 is 9.80 Å². The molecule has 0 bridgehead atoms. The number of aromatic amines is 2. The number of hydrogen-bond donors (Lipinski definition) is 2. The maximum Gasteiger partial charge on any atom is 0.177 e. The van der Waals surface area contributed by atoms with Crippen molar-refractivity contribution < 1.29 is 9.47 Å². The molecule has 11 heteroatoms. The summed E-state index contributed by atoms with van der Waals surface area (Å²) < 4.78 is 13.5. The van der Waals surface area contributed by atoms with E-state index in [1.807, 2.05) is 19.2 Å². The summed E-state index contributed by atoms with van der Waals surface area (Å²) in [6.07, 6.45) is 5.20. The van der Waals surface area contributed by atoms with Crippen molar-refractivity contribution in [3.8, 4) is 17.7 Å². The van der Waals surface area contributed by atoms with E-state index >= 15 is 0 Å². The Morgan fingerprint density at radius 3 is 2.68 bits per heavy atom. The maximum absolute atomic E-state index is 6.07. The molecule has 2 aliphatic heterocycles. The quantitative estimate of drug-likeness (QED) is 0.399. The lowest BCUT2D eigenvalue weighted by Gasteiger charge is -2.38. The van der Waals surface area contributed by atoms with Crippen LogP contribution in [-0.2, 0) is 9.47 Å². The number of aryl methyl sites for hydroxylation is 2. The fourth-order valence-corrected chi connectivity index (χ4v) is 5.51. The van der Waals surface area contributed by atoms with Gasteiger partial charge in [0.25, 0.3) is 0 Å². The van der Waals surface area contributed by atoms with Crippen LogP contribution in [0.15, 0.2) is 24.5 Å². The molecule has 2 aliphatic rings. The van der Waals surface area contributed by atoms with Crippen molar-refractivity contribution in [3.63, 3.8) is 0 Å². The number of fused-ring (bicyclic) bond motifs is 1. The number of nitrogens with zero attached hydrogens (tertiary/aromatic N) is 7. The Kier molecular flexibility index (Phi) is 6.29. The van der Waals surface area contributed by atoms with E-state index in [0.717, 1.165) is 66.3 Å². The third kappa shape index (κ3) is 4.29. The molecule has 0 amide bonds. The lowest BCUT2D eigenvalue weighted by atomic mass is 9.90. The zero-order valence-corrected chi connectivity index (χ0v) is 22.3. The van der Waals surface area contributed by atoms with Crippen molar-refractivity contribution >= 4 is 22.5 Å². The first-order valence-corrected chi connectivity index (χ1v) is 13.1. The summed E-state index contributed by atoms with van der Waals surface area (Å²) in [5.41, 5.74) is 4.39. The number of nitrogens with one attached hydrogen (secondary N) is 2. The molecule has 0 saturated carbocycles. The van der Waals surface area contributed by atoms with E-state index in [1.165, 1.54) is 5.69 Å². The average molecular weight is 516 g/mol. The predicted octanol–water partition coefficient (Wildman–Crippen LogP) is 2.75. The van der Waals surface area contributed by atoms with Crippen molar-refractivity contribution in [2.24, 2.45) is 0 Å². The highest BCUT2D eigenvalue weighted by molar-refractivity contribution is 5.85. The van der Waals surface area contributed by atoms with Gasteiger partial charge in [0.1, 0.15) is 11.4 Å². The largest absolute Gasteiger partial charge is 0.377 e. The van der Waals surface area contributed by atoms with E-state index in [0.29, 0.717) is 19.0 Å². The maximum atomic E-state index is 6.07. The van der Waals surface area contributed by atoms with Crippen LogP contribution in [0.25, 0.3) is 16.9 Å². The molecule has 11 nitrogen and oxygen atoms in total. The number of pyridine rings is 1. The Bertz CT molecular complexity index is 1470. The summed E-state index contributed by atoms with van der Waals surface area (Å²) in [4.78, 5) is 9.67. The molecule has 2 N–H and O–H groups in total. The molecule has 198 valence electrons. The van der Waals surface area contributed by atoms with E-state index < -0.39 is 5.60 Å². The SMILES string of the molecule is COC1(C#Cc2cc(N3CCOC[C@H]3C)nc3c2cnn3-c2cc[nH]n2)CCN(c2c(C)n[nH]c2C)CC1. The highest BCUT2D eigenvalue weighted by atomic mass is 16.5. The number of rotatable bonds is 4. The summed E-state index contributed by atoms with van der Waals surface area (Å²) in [6, 6.07) is 4.16. The molecule has 38 heavy (non-hydrogen) atoms. The van der Waals surface area contributed by atoms with E-state index in [1.54, 1.807) is 18.0 Å². The van der Waals surface area contributed by atoms with Crippen LogP contribution in [0, 0.1) is 25.7 Å². The molecule has 4 aromatic rings. The van der Waals surface area contributed by atoms with Gasteiger partial charge in [0.05, 0.1) is 47.9 Å². The summed E-state index contributed by atoms with van der Waals surface area (Å²) in [6.45, 7) is 10.1. The molecule has 4 aromatic heterocycles. The van der Waals surface area contributed by atoms with Crippen molar-refractivity contribution in [1.82, 2.24) is 35.2 Å². The summed E-state index contributed by atoms with van der Waals surface area (Å²) in [5.74, 6) is 8.55. The molecule has 0 radical (unpaired) electrons. The highest BCUT2D eigenvalue weighted by Gasteiger charge is 2.34. The first kappa shape index (κ1) is 24.5. The van der Waals surface area contributed by atoms with Crippen LogP contribution in [-0.4, -0.2) is 86.8 Å². The number of anilines is 2. The number of morpholine rings is 1. The van der Waals surface area contributed by atoms with Gasteiger partial charge in [0, 0.05) is 57.4 Å². The minimum absolute atomic E-state index is 0.209. The van der Waals surface area contributed by atoms with Gasteiger partial charge in [-0.05, 0) is 26.8 Å². The van der Waals surface area contributed by atoms with Gasteiger partial charge < -0.3 is 19.3 Å². The van der Waals surface area contributed by atoms with Gasteiger partial charge in [-0.2, -0.15) is 20.0 Å². The van der Waals surface area contributed by atoms with Gasteiger partial charge in [0.15, 0.2) is 11.5 Å². The first-order valence-electron chi connectivity index (χ1n) is 13.1. The number of ether oxygens (including phenoxy) is 2. The fourth-order valence-electron chi connectivity index (χ4n) is 5.51. The standard InChI is InChI=1S/C27H33N9O2/c1-18-17-38-14-13-35(18)24-15-21(22-16-29-36(26(22)30-24)23-6-10-28-33-23)5-7-27(37-4)8-11-34(12-9-27)25-19(2)31-32-20(25)3/h6,10,15-16,18H,8-9,11-14,17H2,1-4H3,(H,28,33)(H,31,32)/t18-/m1/s1. The molecule has 0 unspecified atom stereocenters. The molecule has 1 atom stereocenters. The zero-order chi connectivity index (χ0) is 26.3. The smallest absolute Gasteiger partial charge is 0.177 e. The van der Waals surface area contributed by atoms with Gasteiger partial charge in [-0.3, -0.25) is 10.2 Å². The van der Waals surface area contributed by atoms with E-state index in [9.17, 15) is 0 Å². The van der Waals surface area contributed by atoms with Gasteiger partial charge in [-0.15, -0.1) is 0 Å². The summed E-state index contributed by atoms with van der Waals surface area (Å²) >= 11 is 0. The molecular weight excluding hydrogens is 482 g/mol. The van der Waals surface area contributed by atoms with Crippen LogP contribution >= 0.6 is 0 Å². The van der Waals surface area contributed by atoms with Crippen molar-refractivity contribution in [1.29, 1.82) is 0 Å². The number of hydrogen-bond acceptors (Lipinski definition) is 8. The van der Waals surface area contributed by atoms with Crippen LogP contribution in [0.3, 0.4) is 0 Å². The normalized spacial score (nSPS) is 19.5. The third-order valence-corrected chi connectivity index (χ3v) is 7.69. The fraction of sp³-hybridized carbons (Fsp3) is 0.481. The number of aromatic nitrogens is 7. The minimum Gasteiger partial charge on any atom is -0.377 e. The van der Waals surface area contributed by atoms with Crippen LogP contribution in [0.2, 0.25) is 0 Å². The lowest BCUT2D eigenvalue weighted by Crippen LogP contribution is -2.45. The molecule has 0 aromatic carbocycles. The Morgan fingerprint density at radius 1 is 1.16 bits per heavy atom.